The number of aromatic nitrogens is 4. The number of carbonyl (C=O) groups is 1. The second-order valence-electron chi connectivity index (χ2n) is 7.61. The minimum atomic E-state index is -4.67. The van der Waals surface area contributed by atoms with Crippen LogP contribution in [0.4, 0.5) is 13.2 Å². The van der Waals surface area contributed by atoms with Crippen molar-refractivity contribution < 1.29 is 18.0 Å². The molecule has 10 heteroatoms. The fraction of sp³-hybridized carbons (Fsp3) is 0.273. The van der Waals surface area contributed by atoms with Crippen molar-refractivity contribution in [2.45, 2.75) is 38.4 Å². The highest BCUT2D eigenvalue weighted by molar-refractivity contribution is 5.95. The summed E-state index contributed by atoms with van der Waals surface area (Å²) in [5.41, 5.74) is -1.13. The van der Waals surface area contributed by atoms with Gasteiger partial charge >= 0.3 is 6.18 Å². The summed E-state index contributed by atoms with van der Waals surface area (Å²) in [6.07, 6.45) is 2.70. The van der Waals surface area contributed by atoms with Gasteiger partial charge in [-0.1, -0.05) is 0 Å². The molecule has 2 heterocycles. The Kier molecular flexibility index (Phi) is 6.20. The average Bonchev–Trinajstić information content (AvgIpc) is 2.78. The smallest absolute Gasteiger partial charge is 0.344 e. The van der Waals surface area contributed by atoms with Gasteiger partial charge in [-0.15, -0.1) is 0 Å². The van der Waals surface area contributed by atoms with Gasteiger partial charge in [0, 0.05) is 30.4 Å². The number of hydrogen-bond acceptors (Lipinski definition) is 6. The van der Waals surface area contributed by atoms with Crippen LogP contribution in [0.5, 0.6) is 0 Å². The molecule has 0 bridgehead atoms. The van der Waals surface area contributed by atoms with Crippen LogP contribution in [0.25, 0.3) is 11.4 Å². The minimum Gasteiger partial charge on any atom is -0.344 e. The number of halogens is 3. The van der Waals surface area contributed by atoms with Gasteiger partial charge in [0.2, 0.25) is 0 Å². The second-order valence-corrected chi connectivity index (χ2v) is 7.61. The van der Waals surface area contributed by atoms with Gasteiger partial charge in [-0.25, -0.2) is 0 Å². The SMILES string of the molecule is CC(NC(=O)c1cc(C(F)(F)F)cc(C(C)(C)C#N)c1)c1nccnc1-c1cnccn1. The van der Waals surface area contributed by atoms with E-state index in [4.69, 9.17) is 0 Å². The summed E-state index contributed by atoms with van der Waals surface area (Å²) in [6, 6.07) is 4.21. The van der Waals surface area contributed by atoms with Crippen LogP contribution in [0, 0.1) is 11.3 Å². The molecule has 3 aromatic rings. The maximum Gasteiger partial charge on any atom is 0.416 e. The summed E-state index contributed by atoms with van der Waals surface area (Å²) in [4.78, 5) is 29.6. The molecular formula is C22H19F3N6O. The lowest BCUT2D eigenvalue weighted by Crippen LogP contribution is -2.29. The Bertz CT molecular complexity index is 1170. The molecule has 0 fully saturated rings. The molecule has 0 aliphatic rings. The third-order valence-corrected chi connectivity index (χ3v) is 4.81. The molecule has 1 amide bonds. The number of rotatable bonds is 5. The van der Waals surface area contributed by atoms with Gasteiger partial charge in [0.1, 0.15) is 11.4 Å². The molecule has 0 saturated carbocycles. The Morgan fingerprint density at radius 2 is 1.69 bits per heavy atom. The maximum atomic E-state index is 13.4. The van der Waals surface area contributed by atoms with Crippen LogP contribution in [0.15, 0.2) is 49.2 Å². The highest BCUT2D eigenvalue weighted by atomic mass is 19.4. The third-order valence-electron chi connectivity index (χ3n) is 4.81. The molecule has 0 spiro atoms. The lowest BCUT2D eigenvalue weighted by atomic mass is 9.84. The van der Waals surface area contributed by atoms with E-state index in [1.54, 1.807) is 6.92 Å². The molecule has 1 unspecified atom stereocenters. The van der Waals surface area contributed by atoms with Gasteiger partial charge in [-0.2, -0.15) is 18.4 Å². The van der Waals surface area contributed by atoms with Crippen molar-refractivity contribution in [2.75, 3.05) is 0 Å². The fourth-order valence-corrected chi connectivity index (χ4v) is 2.98. The normalized spacial score (nSPS) is 12.7. The highest BCUT2D eigenvalue weighted by Crippen LogP contribution is 2.34. The Hall–Kier alpha value is -3.87. The van der Waals surface area contributed by atoms with Crippen molar-refractivity contribution >= 4 is 5.91 Å². The van der Waals surface area contributed by atoms with E-state index < -0.39 is 29.1 Å². The fourth-order valence-electron chi connectivity index (χ4n) is 2.98. The number of benzene rings is 1. The lowest BCUT2D eigenvalue weighted by Gasteiger charge is -2.20. The Balaban J connectivity index is 1.96. The van der Waals surface area contributed by atoms with Crippen LogP contribution in [0.1, 0.15) is 54.0 Å². The van der Waals surface area contributed by atoms with Crippen LogP contribution in [0.2, 0.25) is 0 Å². The molecule has 0 radical (unpaired) electrons. The molecule has 0 saturated heterocycles. The molecule has 2 aromatic heterocycles. The number of nitrogens with one attached hydrogen (secondary N) is 1. The average molecular weight is 440 g/mol. The summed E-state index contributed by atoms with van der Waals surface area (Å²) in [7, 11) is 0. The molecule has 164 valence electrons. The number of carbonyl (C=O) groups excluding carboxylic acids is 1. The van der Waals surface area contributed by atoms with E-state index in [1.807, 2.05) is 6.07 Å². The Labute approximate surface area is 182 Å². The number of alkyl halides is 3. The highest BCUT2D eigenvalue weighted by Gasteiger charge is 2.34. The van der Waals surface area contributed by atoms with Crippen LogP contribution < -0.4 is 5.32 Å². The van der Waals surface area contributed by atoms with Crippen LogP contribution in [-0.4, -0.2) is 25.8 Å². The quantitative estimate of drug-likeness (QED) is 0.636. The topological polar surface area (TPSA) is 104 Å². The van der Waals surface area contributed by atoms with E-state index in [-0.39, 0.29) is 11.1 Å². The Morgan fingerprint density at radius 3 is 2.31 bits per heavy atom. The Morgan fingerprint density at radius 1 is 1.03 bits per heavy atom. The van der Waals surface area contributed by atoms with Gasteiger partial charge in [0.25, 0.3) is 5.91 Å². The second kappa shape index (κ2) is 8.70. The molecule has 0 aliphatic heterocycles. The molecular weight excluding hydrogens is 421 g/mol. The van der Waals surface area contributed by atoms with Crippen molar-refractivity contribution in [2.24, 2.45) is 0 Å². The predicted molar refractivity (Wildman–Crippen MR) is 109 cm³/mol. The minimum absolute atomic E-state index is 0.0902. The zero-order valence-corrected chi connectivity index (χ0v) is 17.5. The summed E-state index contributed by atoms with van der Waals surface area (Å²) >= 11 is 0. The van der Waals surface area contributed by atoms with E-state index in [2.05, 4.69) is 25.3 Å². The van der Waals surface area contributed by atoms with Gasteiger partial charge in [-0.3, -0.25) is 24.7 Å². The van der Waals surface area contributed by atoms with Crippen molar-refractivity contribution in [3.05, 3.63) is 71.6 Å². The summed E-state index contributed by atoms with van der Waals surface area (Å²) in [6.45, 7) is 4.61. The molecule has 32 heavy (non-hydrogen) atoms. The van der Waals surface area contributed by atoms with E-state index in [0.29, 0.717) is 17.1 Å². The zero-order valence-electron chi connectivity index (χ0n) is 17.5. The van der Waals surface area contributed by atoms with Crippen LogP contribution in [-0.2, 0) is 11.6 Å². The number of amides is 1. The monoisotopic (exact) mass is 440 g/mol. The van der Waals surface area contributed by atoms with Crippen molar-refractivity contribution in [3.8, 4) is 17.5 Å². The largest absolute Gasteiger partial charge is 0.416 e. The molecule has 0 aliphatic carbocycles. The standard InChI is InChI=1S/C22H19F3N6O/c1-13(18-19(30-7-6-29-18)17-11-27-4-5-28-17)31-20(32)14-8-15(21(2,3)12-26)10-16(9-14)22(23,24)25/h4-11,13H,1-3H3,(H,31,32). The predicted octanol–water partition coefficient (Wildman–Crippen LogP) is 4.24. The van der Waals surface area contributed by atoms with E-state index in [0.717, 1.165) is 12.1 Å². The van der Waals surface area contributed by atoms with Crippen molar-refractivity contribution in [1.29, 1.82) is 5.26 Å². The lowest BCUT2D eigenvalue weighted by molar-refractivity contribution is -0.137. The van der Waals surface area contributed by atoms with Gasteiger partial charge in [-0.05, 0) is 44.5 Å². The summed E-state index contributed by atoms with van der Waals surface area (Å²) < 4.78 is 40.3. The van der Waals surface area contributed by atoms with Crippen LogP contribution >= 0.6 is 0 Å². The van der Waals surface area contributed by atoms with Crippen molar-refractivity contribution in [3.63, 3.8) is 0 Å². The molecule has 1 aromatic carbocycles. The summed E-state index contributed by atoms with van der Waals surface area (Å²) in [5, 5.41) is 12.0. The number of nitriles is 1. The van der Waals surface area contributed by atoms with E-state index >= 15 is 0 Å². The first-order valence-electron chi connectivity index (χ1n) is 9.55. The van der Waals surface area contributed by atoms with E-state index in [9.17, 15) is 23.2 Å². The van der Waals surface area contributed by atoms with Crippen molar-refractivity contribution in [1.82, 2.24) is 25.3 Å². The third kappa shape index (κ3) is 4.88. The molecule has 1 atom stereocenters. The first-order valence-corrected chi connectivity index (χ1v) is 9.55. The van der Waals surface area contributed by atoms with Gasteiger partial charge < -0.3 is 5.32 Å². The molecule has 1 N–H and O–H groups in total. The summed E-state index contributed by atoms with van der Waals surface area (Å²) in [5.74, 6) is -0.741. The molecule has 7 nitrogen and oxygen atoms in total. The van der Waals surface area contributed by atoms with Gasteiger partial charge in [0.05, 0.1) is 35.0 Å². The first kappa shape index (κ1) is 22.8. The zero-order chi connectivity index (χ0) is 23.5. The van der Waals surface area contributed by atoms with E-state index in [1.165, 1.54) is 50.9 Å². The molecule has 3 rings (SSSR count). The number of hydrogen-bond donors (Lipinski definition) is 1. The first-order chi connectivity index (χ1) is 15.0. The number of nitrogens with zero attached hydrogens (tertiary/aromatic N) is 5. The van der Waals surface area contributed by atoms with Crippen LogP contribution in [0.3, 0.4) is 0 Å². The maximum absolute atomic E-state index is 13.4. The van der Waals surface area contributed by atoms with Gasteiger partial charge in [0.15, 0.2) is 0 Å².